The number of nitrogens with two attached hydrogens (primary N) is 1. The van der Waals surface area contributed by atoms with E-state index in [0.29, 0.717) is 6.61 Å². The molecule has 0 bridgehead atoms. The van der Waals surface area contributed by atoms with Crippen LogP contribution in [0.5, 0.6) is 5.75 Å². The van der Waals surface area contributed by atoms with E-state index in [1.807, 2.05) is 48.5 Å². The molecule has 0 fully saturated rings. The Morgan fingerprint density at radius 3 is 2.38 bits per heavy atom. The molecule has 2 aromatic rings. The Morgan fingerprint density at radius 1 is 1.00 bits per heavy atom. The van der Waals surface area contributed by atoms with Crippen molar-refractivity contribution in [3.63, 3.8) is 0 Å². The van der Waals surface area contributed by atoms with Gasteiger partial charge in [-0.1, -0.05) is 24.3 Å². The van der Waals surface area contributed by atoms with Crippen molar-refractivity contribution in [2.75, 3.05) is 5.73 Å². The SMILES string of the molecule is Nc1ccc(COc2ccccc2Br)cc1. The van der Waals surface area contributed by atoms with Crippen molar-refractivity contribution in [3.05, 3.63) is 58.6 Å². The predicted molar refractivity (Wildman–Crippen MR) is 69.3 cm³/mol. The van der Waals surface area contributed by atoms with Crippen LogP contribution in [0.1, 0.15) is 5.56 Å². The maximum Gasteiger partial charge on any atom is 0.133 e. The van der Waals surface area contributed by atoms with Crippen molar-refractivity contribution >= 4 is 21.6 Å². The van der Waals surface area contributed by atoms with Gasteiger partial charge in [-0.3, -0.25) is 0 Å². The first kappa shape index (κ1) is 11.0. The van der Waals surface area contributed by atoms with Crippen molar-refractivity contribution < 1.29 is 4.74 Å². The first-order valence-electron chi connectivity index (χ1n) is 4.97. The molecule has 16 heavy (non-hydrogen) atoms. The van der Waals surface area contributed by atoms with Crippen LogP contribution in [0.2, 0.25) is 0 Å². The van der Waals surface area contributed by atoms with E-state index in [1.165, 1.54) is 0 Å². The molecule has 0 aliphatic carbocycles. The molecule has 0 saturated carbocycles. The van der Waals surface area contributed by atoms with Crippen LogP contribution in [0.15, 0.2) is 53.0 Å². The summed E-state index contributed by atoms with van der Waals surface area (Å²) in [6.07, 6.45) is 0. The van der Waals surface area contributed by atoms with Crippen molar-refractivity contribution in [2.45, 2.75) is 6.61 Å². The first-order chi connectivity index (χ1) is 7.75. The highest BCUT2D eigenvalue weighted by Gasteiger charge is 1.99. The van der Waals surface area contributed by atoms with Gasteiger partial charge in [-0.25, -0.2) is 0 Å². The Morgan fingerprint density at radius 2 is 1.69 bits per heavy atom. The van der Waals surface area contributed by atoms with Crippen molar-refractivity contribution in [2.24, 2.45) is 0 Å². The molecule has 0 radical (unpaired) electrons. The molecule has 0 aromatic heterocycles. The molecule has 0 heterocycles. The van der Waals surface area contributed by atoms with Gasteiger partial charge >= 0.3 is 0 Å². The number of halogens is 1. The molecule has 0 unspecified atom stereocenters. The zero-order valence-corrected chi connectivity index (χ0v) is 10.3. The summed E-state index contributed by atoms with van der Waals surface area (Å²) >= 11 is 3.44. The third kappa shape index (κ3) is 2.76. The second-order valence-electron chi connectivity index (χ2n) is 3.46. The van der Waals surface area contributed by atoms with E-state index < -0.39 is 0 Å². The minimum atomic E-state index is 0.545. The van der Waals surface area contributed by atoms with Gasteiger partial charge in [0.2, 0.25) is 0 Å². The van der Waals surface area contributed by atoms with E-state index >= 15 is 0 Å². The fourth-order valence-corrected chi connectivity index (χ4v) is 1.74. The number of anilines is 1. The molecule has 0 aliphatic rings. The molecular weight excluding hydrogens is 266 g/mol. The highest BCUT2D eigenvalue weighted by Crippen LogP contribution is 2.24. The molecule has 0 atom stereocenters. The normalized spacial score (nSPS) is 10.1. The molecule has 0 amide bonds. The van der Waals surface area contributed by atoms with Gasteiger partial charge in [-0.15, -0.1) is 0 Å². The monoisotopic (exact) mass is 277 g/mol. The summed E-state index contributed by atoms with van der Waals surface area (Å²) < 4.78 is 6.64. The maximum absolute atomic E-state index is 5.68. The van der Waals surface area contributed by atoms with E-state index in [0.717, 1.165) is 21.5 Å². The van der Waals surface area contributed by atoms with Gasteiger partial charge in [0.1, 0.15) is 12.4 Å². The van der Waals surface area contributed by atoms with Gasteiger partial charge in [-0.2, -0.15) is 0 Å². The van der Waals surface area contributed by atoms with Crippen LogP contribution in [0.3, 0.4) is 0 Å². The summed E-state index contributed by atoms with van der Waals surface area (Å²) in [5.74, 6) is 0.847. The number of rotatable bonds is 3. The van der Waals surface area contributed by atoms with Gasteiger partial charge in [0, 0.05) is 5.69 Å². The summed E-state index contributed by atoms with van der Waals surface area (Å²) in [7, 11) is 0. The number of benzene rings is 2. The van der Waals surface area contributed by atoms with Crippen LogP contribution in [-0.4, -0.2) is 0 Å². The Hall–Kier alpha value is -1.48. The maximum atomic E-state index is 5.68. The number of hydrogen-bond donors (Lipinski definition) is 1. The molecule has 0 spiro atoms. The van der Waals surface area contributed by atoms with Crippen LogP contribution >= 0.6 is 15.9 Å². The van der Waals surface area contributed by atoms with E-state index in [9.17, 15) is 0 Å². The van der Waals surface area contributed by atoms with Crippen molar-refractivity contribution in [1.29, 1.82) is 0 Å². The molecule has 2 nitrogen and oxygen atoms in total. The minimum Gasteiger partial charge on any atom is -0.488 e. The Bertz CT molecular complexity index is 468. The van der Waals surface area contributed by atoms with Crippen LogP contribution in [0.25, 0.3) is 0 Å². The van der Waals surface area contributed by atoms with Gasteiger partial charge in [0.25, 0.3) is 0 Å². The van der Waals surface area contributed by atoms with E-state index in [1.54, 1.807) is 0 Å². The van der Waals surface area contributed by atoms with Gasteiger partial charge in [-0.05, 0) is 45.8 Å². The summed E-state index contributed by atoms with van der Waals surface area (Å²) in [5.41, 5.74) is 7.48. The molecule has 0 aliphatic heterocycles. The minimum absolute atomic E-state index is 0.545. The third-order valence-electron chi connectivity index (χ3n) is 2.21. The third-order valence-corrected chi connectivity index (χ3v) is 2.87. The fourth-order valence-electron chi connectivity index (χ4n) is 1.34. The zero-order chi connectivity index (χ0) is 11.4. The molecule has 82 valence electrons. The lowest BCUT2D eigenvalue weighted by atomic mass is 10.2. The predicted octanol–water partition coefficient (Wildman–Crippen LogP) is 3.61. The zero-order valence-electron chi connectivity index (χ0n) is 8.69. The Balaban J connectivity index is 2.02. The lowest BCUT2D eigenvalue weighted by Crippen LogP contribution is -1.96. The smallest absolute Gasteiger partial charge is 0.133 e. The van der Waals surface area contributed by atoms with Crippen molar-refractivity contribution in [3.8, 4) is 5.75 Å². The molecule has 3 heteroatoms. The average molecular weight is 278 g/mol. The lowest BCUT2D eigenvalue weighted by molar-refractivity contribution is 0.304. The van der Waals surface area contributed by atoms with E-state index in [-0.39, 0.29) is 0 Å². The molecular formula is C13H12BrNO. The second kappa shape index (κ2) is 5.03. The lowest BCUT2D eigenvalue weighted by Gasteiger charge is -2.07. The molecule has 2 aromatic carbocycles. The molecule has 2 N–H and O–H groups in total. The van der Waals surface area contributed by atoms with Crippen LogP contribution in [0.4, 0.5) is 5.69 Å². The van der Waals surface area contributed by atoms with Gasteiger partial charge in [0.05, 0.1) is 4.47 Å². The van der Waals surface area contributed by atoms with Crippen LogP contribution in [-0.2, 0) is 6.61 Å². The Labute approximate surface area is 103 Å². The highest BCUT2D eigenvalue weighted by atomic mass is 79.9. The Kier molecular flexibility index (Phi) is 3.47. The number of hydrogen-bond acceptors (Lipinski definition) is 2. The van der Waals surface area contributed by atoms with E-state index in [2.05, 4.69) is 15.9 Å². The van der Waals surface area contributed by atoms with Crippen LogP contribution in [0, 0.1) is 0 Å². The summed E-state index contributed by atoms with van der Waals surface area (Å²) in [6, 6.07) is 15.5. The van der Waals surface area contributed by atoms with Crippen molar-refractivity contribution in [1.82, 2.24) is 0 Å². The van der Waals surface area contributed by atoms with E-state index in [4.69, 9.17) is 10.5 Å². The van der Waals surface area contributed by atoms with Crippen LogP contribution < -0.4 is 10.5 Å². The topological polar surface area (TPSA) is 35.2 Å². The largest absolute Gasteiger partial charge is 0.488 e. The quantitative estimate of drug-likeness (QED) is 0.870. The molecule has 0 saturated heterocycles. The second-order valence-corrected chi connectivity index (χ2v) is 4.32. The average Bonchev–Trinajstić information content (AvgIpc) is 2.30. The first-order valence-corrected chi connectivity index (χ1v) is 5.77. The standard InChI is InChI=1S/C13H12BrNO/c14-12-3-1-2-4-13(12)16-9-10-5-7-11(15)8-6-10/h1-8H,9,15H2. The molecule has 2 rings (SSSR count). The van der Waals surface area contributed by atoms with Gasteiger partial charge < -0.3 is 10.5 Å². The van der Waals surface area contributed by atoms with Gasteiger partial charge in [0.15, 0.2) is 0 Å². The summed E-state index contributed by atoms with van der Waals surface area (Å²) in [5, 5.41) is 0. The number of ether oxygens (including phenoxy) is 1. The summed E-state index contributed by atoms with van der Waals surface area (Å²) in [6.45, 7) is 0.545. The summed E-state index contributed by atoms with van der Waals surface area (Å²) in [4.78, 5) is 0. The highest BCUT2D eigenvalue weighted by molar-refractivity contribution is 9.10. The number of para-hydroxylation sites is 1. The number of nitrogen functional groups attached to an aromatic ring is 1. The fraction of sp³-hybridized carbons (Fsp3) is 0.0769.